The zero-order valence-electron chi connectivity index (χ0n) is 10.9. The lowest BCUT2D eigenvalue weighted by Crippen LogP contribution is -2.05. The van der Waals surface area contributed by atoms with Crippen LogP contribution in [0.15, 0.2) is 22.7 Å². The van der Waals surface area contributed by atoms with Crippen LogP contribution in [0.2, 0.25) is 0 Å². The second-order valence-electron chi connectivity index (χ2n) is 4.85. The van der Waals surface area contributed by atoms with Gasteiger partial charge in [0.1, 0.15) is 0 Å². The standard InChI is InChI=1S/C13H15N3O2S2/c17-11(18)8-20-13-15-14-12(10-2-1-7-19-10)16(13)6-5-9-3-4-9/h1-2,7,9H,3-6,8H2,(H,17,18). The molecule has 1 N–H and O–H groups in total. The third-order valence-electron chi connectivity index (χ3n) is 3.24. The van der Waals surface area contributed by atoms with Crippen LogP contribution in [0.1, 0.15) is 19.3 Å². The van der Waals surface area contributed by atoms with Crippen LogP contribution in [0, 0.1) is 5.92 Å². The van der Waals surface area contributed by atoms with Crippen LogP contribution in [0.25, 0.3) is 10.7 Å². The highest BCUT2D eigenvalue weighted by atomic mass is 32.2. The van der Waals surface area contributed by atoms with Crippen molar-refractivity contribution < 1.29 is 9.90 Å². The fourth-order valence-electron chi connectivity index (χ4n) is 2.03. The Hall–Kier alpha value is -1.34. The van der Waals surface area contributed by atoms with E-state index in [2.05, 4.69) is 14.8 Å². The molecule has 0 radical (unpaired) electrons. The molecule has 1 aliphatic carbocycles. The van der Waals surface area contributed by atoms with Gasteiger partial charge in [0.25, 0.3) is 0 Å². The van der Waals surface area contributed by atoms with Crippen LogP contribution < -0.4 is 0 Å². The van der Waals surface area contributed by atoms with Crippen LogP contribution in [0.4, 0.5) is 0 Å². The van der Waals surface area contributed by atoms with Gasteiger partial charge in [-0.2, -0.15) is 0 Å². The fraction of sp³-hybridized carbons (Fsp3) is 0.462. The zero-order chi connectivity index (χ0) is 13.9. The van der Waals surface area contributed by atoms with E-state index in [1.165, 1.54) is 24.6 Å². The van der Waals surface area contributed by atoms with Crippen molar-refractivity contribution >= 4 is 29.1 Å². The van der Waals surface area contributed by atoms with Crippen molar-refractivity contribution in [2.45, 2.75) is 31.0 Å². The number of hydrogen-bond donors (Lipinski definition) is 1. The van der Waals surface area contributed by atoms with Crippen molar-refractivity contribution in [1.29, 1.82) is 0 Å². The molecule has 5 nitrogen and oxygen atoms in total. The van der Waals surface area contributed by atoms with Crippen molar-refractivity contribution in [1.82, 2.24) is 14.8 Å². The number of aromatic nitrogens is 3. The Morgan fingerprint density at radius 2 is 2.35 bits per heavy atom. The van der Waals surface area contributed by atoms with Crippen molar-refractivity contribution in [3.63, 3.8) is 0 Å². The van der Waals surface area contributed by atoms with Gasteiger partial charge in [0.15, 0.2) is 11.0 Å². The van der Waals surface area contributed by atoms with Gasteiger partial charge in [-0.1, -0.05) is 30.7 Å². The minimum atomic E-state index is -0.829. The molecule has 106 valence electrons. The highest BCUT2D eigenvalue weighted by Crippen LogP contribution is 2.34. The van der Waals surface area contributed by atoms with E-state index in [9.17, 15) is 4.79 Å². The number of thioether (sulfide) groups is 1. The molecular formula is C13H15N3O2S2. The number of thiophene rings is 1. The average molecular weight is 309 g/mol. The van der Waals surface area contributed by atoms with Crippen LogP contribution in [0.3, 0.4) is 0 Å². The second-order valence-corrected chi connectivity index (χ2v) is 6.74. The Labute approximate surface area is 125 Å². The zero-order valence-corrected chi connectivity index (χ0v) is 12.5. The number of carboxylic acid groups (broad SMARTS) is 1. The first-order valence-electron chi connectivity index (χ1n) is 6.55. The monoisotopic (exact) mass is 309 g/mol. The third kappa shape index (κ3) is 3.21. The Morgan fingerprint density at radius 1 is 1.50 bits per heavy atom. The summed E-state index contributed by atoms with van der Waals surface area (Å²) in [4.78, 5) is 11.8. The van der Waals surface area contributed by atoms with E-state index in [4.69, 9.17) is 5.11 Å². The summed E-state index contributed by atoms with van der Waals surface area (Å²) >= 11 is 2.87. The normalized spacial score (nSPS) is 14.6. The molecular weight excluding hydrogens is 294 g/mol. The molecule has 7 heteroatoms. The smallest absolute Gasteiger partial charge is 0.313 e. The summed E-state index contributed by atoms with van der Waals surface area (Å²) in [6, 6.07) is 4.01. The number of aliphatic carboxylic acids is 1. The van der Waals surface area contributed by atoms with Crippen molar-refractivity contribution in [3.8, 4) is 10.7 Å². The van der Waals surface area contributed by atoms with E-state index in [0.717, 1.165) is 29.6 Å². The first-order chi connectivity index (χ1) is 9.74. The lowest BCUT2D eigenvalue weighted by atomic mass is 10.3. The molecule has 0 atom stereocenters. The molecule has 2 aromatic rings. The van der Waals surface area contributed by atoms with Gasteiger partial charge in [0.05, 0.1) is 10.6 Å². The Morgan fingerprint density at radius 3 is 3.00 bits per heavy atom. The van der Waals surface area contributed by atoms with Crippen molar-refractivity contribution in [3.05, 3.63) is 17.5 Å². The first kappa shape index (κ1) is 13.6. The van der Waals surface area contributed by atoms with E-state index >= 15 is 0 Å². The Kier molecular flexibility index (Phi) is 4.07. The quantitative estimate of drug-likeness (QED) is 0.796. The van der Waals surface area contributed by atoms with E-state index in [1.54, 1.807) is 11.3 Å². The molecule has 0 unspecified atom stereocenters. The molecule has 0 aromatic carbocycles. The highest BCUT2D eigenvalue weighted by molar-refractivity contribution is 7.99. The summed E-state index contributed by atoms with van der Waals surface area (Å²) in [5.41, 5.74) is 0. The highest BCUT2D eigenvalue weighted by Gasteiger charge is 2.23. The van der Waals surface area contributed by atoms with Gasteiger partial charge in [-0.3, -0.25) is 4.79 Å². The first-order valence-corrected chi connectivity index (χ1v) is 8.42. The molecule has 20 heavy (non-hydrogen) atoms. The number of carbonyl (C=O) groups is 1. The topological polar surface area (TPSA) is 68.0 Å². The maximum absolute atomic E-state index is 10.7. The molecule has 2 heterocycles. The van der Waals surface area contributed by atoms with Crippen molar-refractivity contribution in [2.24, 2.45) is 5.92 Å². The fourth-order valence-corrected chi connectivity index (χ4v) is 3.43. The number of carboxylic acids is 1. The molecule has 1 saturated carbocycles. The van der Waals surface area contributed by atoms with Gasteiger partial charge < -0.3 is 9.67 Å². The molecule has 0 aliphatic heterocycles. The summed E-state index contributed by atoms with van der Waals surface area (Å²) in [5.74, 6) is 0.871. The predicted molar refractivity (Wildman–Crippen MR) is 79.0 cm³/mol. The van der Waals surface area contributed by atoms with Gasteiger partial charge in [-0.15, -0.1) is 21.5 Å². The van der Waals surface area contributed by atoms with E-state index in [-0.39, 0.29) is 5.75 Å². The van der Waals surface area contributed by atoms with E-state index in [0.29, 0.717) is 5.16 Å². The Balaban J connectivity index is 1.82. The summed E-state index contributed by atoms with van der Waals surface area (Å²) in [5, 5.41) is 19.9. The van der Waals surface area contributed by atoms with Crippen LogP contribution in [-0.4, -0.2) is 31.6 Å². The largest absolute Gasteiger partial charge is 0.481 e. The van der Waals surface area contributed by atoms with Gasteiger partial charge in [0.2, 0.25) is 0 Å². The number of nitrogens with zero attached hydrogens (tertiary/aromatic N) is 3. The summed E-state index contributed by atoms with van der Waals surface area (Å²) in [7, 11) is 0. The van der Waals surface area contributed by atoms with E-state index in [1.807, 2.05) is 17.5 Å². The number of rotatable bonds is 7. The molecule has 1 aliphatic rings. The lowest BCUT2D eigenvalue weighted by Gasteiger charge is -2.08. The molecule has 0 bridgehead atoms. The van der Waals surface area contributed by atoms with Gasteiger partial charge in [-0.25, -0.2) is 0 Å². The molecule has 0 saturated heterocycles. The molecule has 2 aromatic heterocycles. The maximum Gasteiger partial charge on any atom is 0.313 e. The molecule has 0 spiro atoms. The van der Waals surface area contributed by atoms with Crippen LogP contribution in [0.5, 0.6) is 0 Å². The molecule has 3 rings (SSSR count). The predicted octanol–water partition coefficient (Wildman–Crippen LogP) is 2.98. The van der Waals surface area contributed by atoms with Crippen molar-refractivity contribution in [2.75, 3.05) is 5.75 Å². The lowest BCUT2D eigenvalue weighted by molar-refractivity contribution is -0.133. The summed E-state index contributed by atoms with van der Waals surface area (Å²) < 4.78 is 2.07. The van der Waals surface area contributed by atoms with Crippen LogP contribution >= 0.6 is 23.1 Å². The summed E-state index contributed by atoms with van der Waals surface area (Å²) in [6.07, 6.45) is 3.75. The maximum atomic E-state index is 10.7. The SMILES string of the molecule is O=C(O)CSc1nnc(-c2cccs2)n1CCC1CC1. The second kappa shape index (κ2) is 5.97. The minimum absolute atomic E-state index is 0.0198. The minimum Gasteiger partial charge on any atom is -0.481 e. The summed E-state index contributed by atoms with van der Waals surface area (Å²) in [6.45, 7) is 0.868. The van der Waals surface area contributed by atoms with Crippen LogP contribution in [-0.2, 0) is 11.3 Å². The molecule has 1 fully saturated rings. The van der Waals surface area contributed by atoms with Gasteiger partial charge in [-0.05, 0) is 23.8 Å². The van der Waals surface area contributed by atoms with Gasteiger partial charge >= 0.3 is 5.97 Å². The van der Waals surface area contributed by atoms with E-state index < -0.39 is 5.97 Å². The van der Waals surface area contributed by atoms with Gasteiger partial charge in [0, 0.05) is 6.54 Å². The third-order valence-corrected chi connectivity index (χ3v) is 5.06. The Bertz CT molecular complexity index is 591. The molecule has 0 amide bonds. The average Bonchev–Trinajstić information content (AvgIpc) is 2.95. The number of hydrogen-bond acceptors (Lipinski definition) is 5.